The minimum absolute atomic E-state index is 0.245. The Morgan fingerprint density at radius 1 is 0.710 bits per heavy atom. The van der Waals surface area contributed by atoms with E-state index in [4.69, 9.17) is 15.2 Å². The minimum Gasteiger partial charge on any atom is -0.454 e. The van der Waals surface area contributed by atoms with Crippen molar-refractivity contribution in [1.29, 1.82) is 0 Å². The topological polar surface area (TPSA) is 87.3 Å². The van der Waals surface area contributed by atoms with Crippen LogP contribution in [0.15, 0.2) is 91.3 Å². The van der Waals surface area contributed by atoms with Gasteiger partial charge in [0.15, 0.2) is 11.5 Å². The van der Waals surface area contributed by atoms with E-state index in [0.717, 1.165) is 10.8 Å². The van der Waals surface area contributed by atoms with E-state index in [1.807, 2.05) is 48.5 Å². The molecule has 0 spiro atoms. The van der Waals surface area contributed by atoms with Crippen LogP contribution in [0.4, 0.5) is 5.69 Å². The molecule has 0 amide bonds. The molecule has 5 aromatic rings. The van der Waals surface area contributed by atoms with Crippen molar-refractivity contribution < 1.29 is 14.3 Å². The van der Waals surface area contributed by atoms with Gasteiger partial charge in [-0.2, -0.15) is 0 Å². The molecule has 6 nitrogen and oxygen atoms in total. The predicted molar refractivity (Wildman–Crippen MR) is 119 cm³/mol. The molecule has 3 aromatic carbocycles. The van der Waals surface area contributed by atoms with Crippen molar-refractivity contribution >= 4 is 33.5 Å². The molecule has 5 rings (SSSR count). The molecule has 31 heavy (non-hydrogen) atoms. The Labute approximate surface area is 177 Å². The van der Waals surface area contributed by atoms with E-state index in [9.17, 15) is 4.79 Å². The monoisotopic (exact) mass is 407 g/mol. The summed E-state index contributed by atoms with van der Waals surface area (Å²) >= 11 is 0. The number of carbonyl (C=O) groups excluding carboxylic acids is 1. The Kier molecular flexibility index (Phi) is 4.65. The van der Waals surface area contributed by atoms with Crippen LogP contribution in [0.1, 0.15) is 10.4 Å². The number of carbonyl (C=O) groups is 1. The molecule has 150 valence electrons. The highest BCUT2D eigenvalue weighted by Gasteiger charge is 2.18. The lowest BCUT2D eigenvalue weighted by molar-refractivity contribution is 0.0734. The van der Waals surface area contributed by atoms with Gasteiger partial charge in [-0.05, 0) is 36.4 Å². The SMILES string of the molecule is Nc1ccc(C(=O)Oc2cccc3cccnc23)c(Oc2cccc3cccnc23)c1. The lowest BCUT2D eigenvalue weighted by atomic mass is 10.1. The summed E-state index contributed by atoms with van der Waals surface area (Å²) in [6.45, 7) is 0. The largest absolute Gasteiger partial charge is 0.454 e. The number of rotatable bonds is 4. The number of para-hydroxylation sites is 2. The summed E-state index contributed by atoms with van der Waals surface area (Å²) in [4.78, 5) is 21.8. The fourth-order valence-corrected chi connectivity index (χ4v) is 3.38. The van der Waals surface area contributed by atoms with E-state index < -0.39 is 5.97 Å². The molecule has 0 aliphatic heterocycles. The number of nitrogen functional groups attached to an aromatic ring is 1. The van der Waals surface area contributed by atoms with E-state index in [1.54, 1.807) is 42.7 Å². The van der Waals surface area contributed by atoms with Crippen LogP contribution in [0.2, 0.25) is 0 Å². The summed E-state index contributed by atoms with van der Waals surface area (Å²) in [6.07, 6.45) is 3.35. The molecule has 6 heteroatoms. The van der Waals surface area contributed by atoms with Crippen molar-refractivity contribution in [2.45, 2.75) is 0 Å². The zero-order chi connectivity index (χ0) is 21.2. The zero-order valence-electron chi connectivity index (χ0n) is 16.4. The average Bonchev–Trinajstić information content (AvgIpc) is 2.80. The van der Waals surface area contributed by atoms with Gasteiger partial charge in [-0.25, -0.2) is 4.79 Å². The Hall–Kier alpha value is -4.45. The van der Waals surface area contributed by atoms with Gasteiger partial charge in [-0.15, -0.1) is 0 Å². The molecule has 2 aromatic heterocycles. The second kappa shape index (κ2) is 7.76. The van der Waals surface area contributed by atoms with Crippen molar-refractivity contribution in [3.05, 3.63) is 96.8 Å². The number of hydrogen-bond acceptors (Lipinski definition) is 6. The maximum absolute atomic E-state index is 13.1. The summed E-state index contributed by atoms with van der Waals surface area (Å²) in [7, 11) is 0. The Balaban J connectivity index is 1.52. The third kappa shape index (κ3) is 3.62. The second-order valence-corrected chi connectivity index (χ2v) is 6.91. The van der Waals surface area contributed by atoms with Crippen molar-refractivity contribution in [2.24, 2.45) is 0 Å². The molecule has 0 bridgehead atoms. The fraction of sp³-hybridized carbons (Fsp3) is 0. The fourth-order valence-electron chi connectivity index (χ4n) is 3.38. The predicted octanol–water partition coefficient (Wildman–Crippen LogP) is 5.38. The highest BCUT2D eigenvalue weighted by molar-refractivity contribution is 5.97. The molecule has 0 saturated heterocycles. The van der Waals surface area contributed by atoms with Crippen molar-refractivity contribution in [3.63, 3.8) is 0 Å². The van der Waals surface area contributed by atoms with Crippen LogP contribution in [0, 0.1) is 0 Å². The summed E-state index contributed by atoms with van der Waals surface area (Å²) in [5, 5.41) is 1.80. The first-order chi connectivity index (χ1) is 15.2. The van der Waals surface area contributed by atoms with Crippen LogP contribution in [-0.2, 0) is 0 Å². The highest BCUT2D eigenvalue weighted by atomic mass is 16.5. The summed E-state index contributed by atoms with van der Waals surface area (Å²) in [5.74, 6) is 0.611. The standard InChI is InChI=1S/C25H17N3O3/c26-18-11-12-19(25(29)31-21-10-2-6-17-8-4-14-28-24(17)21)22(15-18)30-20-9-1-5-16-7-3-13-27-23(16)20/h1-15H,26H2. The minimum atomic E-state index is -0.568. The molecule has 0 aliphatic rings. The van der Waals surface area contributed by atoms with Gasteiger partial charge in [0.2, 0.25) is 0 Å². The molecule has 2 N–H and O–H groups in total. The van der Waals surface area contributed by atoms with Gasteiger partial charge in [-0.3, -0.25) is 9.97 Å². The van der Waals surface area contributed by atoms with Crippen molar-refractivity contribution in [3.8, 4) is 17.2 Å². The Bertz CT molecular complexity index is 1420. The number of benzene rings is 3. The third-order valence-corrected chi connectivity index (χ3v) is 4.84. The molecular formula is C25H17N3O3. The molecule has 0 fully saturated rings. The van der Waals surface area contributed by atoms with Crippen molar-refractivity contribution in [1.82, 2.24) is 9.97 Å². The maximum atomic E-state index is 13.1. The lowest BCUT2D eigenvalue weighted by Crippen LogP contribution is -2.11. The Morgan fingerprint density at radius 3 is 2.03 bits per heavy atom. The van der Waals surface area contributed by atoms with E-state index in [0.29, 0.717) is 28.2 Å². The zero-order valence-corrected chi connectivity index (χ0v) is 16.4. The Morgan fingerprint density at radius 2 is 1.32 bits per heavy atom. The quantitative estimate of drug-likeness (QED) is 0.245. The van der Waals surface area contributed by atoms with Crippen LogP contribution >= 0.6 is 0 Å². The number of pyridine rings is 2. The van der Waals surface area contributed by atoms with Gasteiger partial charge < -0.3 is 15.2 Å². The molecule has 0 atom stereocenters. The van der Waals surface area contributed by atoms with Crippen LogP contribution in [0.3, 0.4) is 0 Å². The normalized spacial score (nSPS) is 10.8. The first kappa shape index (κ1) is 18.6. The van der Waals surface area contributed by atoms with E-state index >= 15 is 0 Å². The molecular weight excluding hydrogens is 390 g/mol. The average molecular weight is 407 g/mol. The number of anilines is 1. The first-order valence-electron chi connectivity index (χ1n) is 9.66. The summed E-state index contributed by atoms with van der Waals surface area (Å²) in [5.41, 5.74) is 7.96. The number of aromatic nitrogens is 2. The van der Waals surface area contributed by atoms with E-state index in [-0.39, 0.29) is 11.3 Å². The molecule has 0 unspecified atom stereocenters. The van der Waals surface area contributed by atoms with Gasteiger partial charge in [0, 0.05) is 34.9 Å². The van der Waals surface area contributed by atoms with Gasteiger partial charge >= 0.3 is 5.97 Å². The molecule has 2 heterocycles. The van der Waals surface area contributed by atoms with Crippen LogP contribution < -0.4 is 15.2 Å². The van der Waals surface area contributed by atoms with Gasteiger partial charge in [0.1, 0.15) is 22.3 Å². The second-order valence-electron chi connectivity index (χ2n) is 6.91. The maximum Gasteiger partial charge on any atom is 0.347 e. The van der Waals surface area contributed by atoms with Crippen LogP contribution in [0.25, 0.3) is 21.8 Å². The lowest BCUT2D eigenvalue weighted by Gasteiger charge is -2.13. The van der Waals surface area contributed by atoms with Gasteiger partial charge in [0.05, 0.1) is 0 Å². The summed E-state index contributed by atoms with van der Waals surface area (Å²) < 4.78 is 11.8. The van der Waals surface area contributed by atoms with E-state index in [1.165, 1.54) is 0 Å². The molecule has 0 aliphatic carbocycles. The van der Waals surface area contributed by atoms with Crippen LogP contribution in [-0.4, -0.2) is 15.9 Å². The molecule has 0 radical (unpaired) electrons. The number of nitrogens with two attached hydrogens (primary N) is 1. The summed E-state index contributed by atoms with van der Waals surface area (Å²) in [6, 6.07) is 23.4. The van der Waals surface area contributed by atoms with E-state index in [2.05, 4.69) is 9.97 Å². The number of esters is 1. The number of hydrogen-bond donors (Lipinski definition) is 1. The van der Waals surface area contributed by atoms with Crippen LogP contribution in [0.5, 0.6) is 17.2 Å². The third-order valence-electron chi connectivity index (χ3n) is 4.84. The van der Waals surface area contributed by atoms with Crippen molar-refractivity contribution in [2.75, 3.05) is 5.73 Å². The first-order valence-corrected chi connectivity index (χ1v) is 9.66. The highest BCUT2D eigenvalue weighted by Crippen LogP contribution is 2.33. The number of fused-ring (bicyclic) bond motifs is 2. The number of ether oxygens (including phenoxy) is 2. The smallest absolute Gasteiger partial charge is 0.347 e. The number of nitrogens with zero attached hydrogens (tertiary/aromatic N) is 2. The molecule has 0 saturated carbocycles. The van der Waals surface area contributed by atoms with Gasteiger partial charge in [0.25, 0.3) is 0 Å². The van der Waals surface area contributed by atoms with Gasteiger partial charge in [-0.1, -0.05) is 36.4 Å².